The van der Waals surface area contributed by atoms with E-state index in [0.29, 0.717) is 40.2 Å². The van der Waals surface area contributed by atoms with Gasteiger partial charge in [0.15, 0.2) is 0 Å². The van der Waals surface area contributed by atoms with Crippen molar-refractivity contribution < 1.29 is 19.1 Å². The fraction of sp³-hybridized carbons (Fsp3) is 0.400. The van der Waals surface area contributed by atoms with Gasteiger partial charge in [-0.05, 0) is 53.9 Å². The largest absolute Gasteiger partial charge is 0.497 e. The number of methoxy groups -OCH3 is 2. The first kappa shape index (κ1) is 27.7. The van der Waals surface area contributed by atoms with E-state index in [0.717, 1.165) is 30.4 Å². The van der Waals surface area contributed by atoms with Gasteiger partial charge in [-0.1, -0.05) is 51.1 Å². The summed E-state index contributed by atoms with van der Waals surface area (Å²) in [4.78, 5) is 27.8. The lowest BCUT2D eigenvalue weighted by atomic mass is 9.72. The van der Waals surface area contributed by atoms with Crippen LogP contribution < -0.4 is 25.4 Å². The Balaban J connectivity index is 1.57. The van der Waals surface area contributed by atoms with E-state index in [2.05, 4.69) is 36.7 Å². The molecule has 7 nitrogen and oxygen atoms in total. The minimum Gasteiger partial charge on any atom is -0.497 e. The molecule has 1 heterocycles. The average Bonchev–Trinajstić information content (AvgIpc) is 3.25. The van der Waals surface area contributed by atoms with E-state index in [1.165, 1.54) is 16.2 Å². The summed E-state index contributed by atoms with van der Waals surface area (Å²) in [5, 5.41) is 9.81. The van der Waals surface area contributed by atoms with Crippen molar-refractivity contribution in [3.63, 3.8) is 0 Å². The molecule has 3 N–H and O–H groups in total. The number of amides is 2. The molecular weight excluding hydrogens is 498 g/mol. The summed E-state index contributed by atoms with van der Waals surface area (Å²) < 4.78 is 10.8. The number of hydrogen-bond donors (Lipinski definition) is 3. The fourth-order valence-electron chi connectivity index (χ4n) is 4.84. The maximum atomic E-state index is 13.7. The van der Waals surface area contributed by atoms with Crippen LogP contribution in [0.1, 0.15) is 53.6 Å². The molecule has 0 spiro atoms. The van der Waals surface area contributed by atoms with Gasteiger partial charge in [0.25, 0.3) is 5.91 Å². The van der Waals surface area contributed by atoms with Gasteiger partial charge < -0.3 is 25.4 Å². The van der Waals surface area contributed by atoms with Gasteiger partial charge in [-0.3, -0.25) is 9.59 Å². The van der Waals surface area contributed by atoms with Crippen LogP contribution in [-0.4, -0.2) is 32.6 Å². The number of rotatable bonds is 9. The van der Waals surface area contributed by atoms with Gasteiger partial charge in [0, 0.05) is 17.5 Å². The fourth-order valence-corrected chi connectivity index (χ4v) is 6.18. The summed E-state index contributed by atoms with van der Waals surface area (Å²) in [6.07, 6.45) is 2.70. The SMILES string of the molecule is COc1ccc(OC)c(NC(=O)c2c(NC(=O)CNCc3ccccc3)sc3c2CC[C@H](C(C)(C)C)C3)c1. The van der Waals surface area contributed by atoms with Crippen molar-refractivity contribution >= 4 is 33.8 Å². The molecular formula is C30H37N3O4S. The van der Waals surface area contributed by atoms with Crippen LogP contribution in [0.2, 0.25) is 0 Å². The Morgan fingerprint density at radius 2 is 1.79 bits per heavy atom. The molecule has 1 atom stereocenters. The summed E-state index contributed by atoms with van der Waals surface area (Å²) in [7, 11) is 3.14. The van der Waals surface area contributed by atoms with Crippen molar-refractivity contribution in [3.05, 3.63) is 70.1 Å². The first-order valence-electron chi connectivity index (χ1n) is 12.9. The maximum Gasteiger partial charge on any atom is 0.259 e. The van der Waals surface area contributed by atoms with Crippen LogP contribution in [0, 0.1) is 11.3 Å². The molecule has 0 fully saturated rings. The molecule has 0 bridgehead atoms. The number of carbonyl (C=O) groups is 2. The van der Waals surface area contributed by atoms with Crippen LogP contribution in [0.3, 0.4) is 0 Å². The zero-order chi connectivity index (χ0) is 27.3. The number of anilines is 2. The Morgan fingerprint density at radius 1 is 1.03 bits per heavy atom. The van der Waals surface area contributed by atoms with Crippen molar-refractivity contribution in [1.82, 2.24) is 5.32 Å². The second kappa shape index (κ2) is 12.0. The molecule has 1 aliphatic carbocycles. The van der Waals surface area contributed by atoms with Gasteiger partial charge in [0.1, 0.15) is 16.5 Å². The summed E-state index contributed by atoms with van der Waals surface area (Å²) in [6, 6.07) is 15.2. The quantitative estimate of drug-likeness (QED) is 0.318. The molecule has 3 aromatic rings. The van der Waals surface area contributed by atoms with Crippen LogP contribution in [0.15, 0.2) is 48.5 Å². The van der Waals surface area contributed by atoms with E-state index in [9.17, 15) is 9.59 Å². The van der Waals surface area contributed by atoms with Gasteiger partial charge >= 0.3 is 0 Å². The van der Waals surface area contributed by atoms with Crippen LogP contribution in [0.5, 0.6) is 11.5 Å². The molecule has 2 aromatic carbocycles. The van der Waals surface area contributed by atoms with E-state index in [4.69, 9.17) is 9.47 Å². The number of hydrogen-bond acceptors (Lipinski definition) is 6. The van der Waals surface area contributed by atoms with Crippen molar-refractivity contribution in [1.29, 1.82) is 0 Å². The van der Waals surface area contributed by atoms with E-state index in [-0.39, 0.29) is 23.8 Å². The second-order valence-electron chi connectivity index (χ2n) is 10.7. The van der Waals surface area contributed by atoms with Gasteiger partial charge in [-0.2, -0.15) is 0 Å². The van der Waals surface area contributed by atoms with Crippen molar-refractivity contribution in [2.45, 2.75) is 46.6 Å². The normalized spacial score (nSPS) is 14.9. The molecule has 0 radical (unpaired) electrons. The molecule has 1 aromatic heterocycles. The van der Waals surface area contributed by atoms with Gasteiger partial charge in [0.2, 0.25) is 5.91 Å². The van der Waals surface area contributed by atoms with Crippen LogP contribution in [0.4, 0.5) is 10.7 Å². The van der Waals surface area contributed by atoms with Gasteiger partial charge in [-0.15, -0.1) is 11.3 Å². The first-order valence-corrected chi connectivity index (χ1v) is 13.7. The van der Waals surface area contributed by atoms with Crippen molar-refractivity contribution in [2.24, 2.45) is 11.3 Å². The summed E-state index contributed by atoms with van der Waals surface area (Å²) in [5.74, 6) is 1.21. The lowest BCUT2D eigenvalue weighted by Gasteiger charge is -2.33. The molecule has 8 heteroatoms. The van der Waals surface area contributed by atoms with E-state index < -0.39 is 0 Å². The Labute approximate surface area is 228 Å². The zero-order valence-corrected chi connectivity index (χ0v) is 23.6. The lowest BCUT2D eigenvalue weighted by molar-refractivity contribution is -0.115. The number of nitrogens with one attached hydrogen (secondary N) is 3. The van der Waals surface area contributed by atoms with Gasteiger partial charge in [-0.25, -0.2) is 0 Å². The standard InChI is InChI=1S/C30H37N3O4S/c1-30(2,3)20-11-13-22-25(15-20)38-29(33-26(34)18-31-17-19-9-7-6-8-10-19)27(22)28(35)32-23-16-21(36-4)12-14-24(23)37-5/h6-10,12,14,16,20,31H,11,13,15,17-18H2,1-5H3,(H,32,35)(H,33,34)/t20-/m0/s1. The van der Waals surface area contributed by atoms with E-state index in [1.54, 1.807) is 32.4 Å². The molecule has 2 amide bonds. The Morgan fingerprint density at radius 3 is 2.47 bits per heavy atom. The first-order chi connectivity index (χ1) is 18.2. The highest BCUT2D eigenvalue weighted by molar-refractivity contribution is 7.17. The number of benzene rings is 2. The number of carbonyl (C=O) groups excluding carboxylic acids is 2. The predicted molar refractivity (Wildman–Crippen MR) is 154 cm³/mol. The molecule has 202 valence electrons. The van der Waals surface area contributed by atoms with Crippen molar-refractivity contribution in [2.75, 3.05) is 31.4 Å². The molecule has 38 heavy (non-hydrogen) atoms. The summed E-state index contributed by atoms with van der Waals surface area (Å²) in [5.41, 5.74) is 3.36. The van der Waals surface area contributed by atoms with Crippen LogP contribution in [0.25, 0.3) is 0 Å². The maximum absolute atomic E-state index is 13.7. The highest BCUT2D eigenvalue weighted by Gasteiger charge is 2.34. The molecule has 0 aliphatic heterocycles. The van der Waals surface area contributed by atoms with E-state index in [1.807, 2.05) is 30.3 Å². The highest BCUT2D eigenvalue weighted by Crippen LogP contribution is 2.44. The minimum atomic E-state index is -0.268. The number of fused-ring (bicyclic) bond motifs is 1. The Kier molecular flexibility index (Phi) is 8.74. The zero-order valence-electron chi connectivity index (χ0n) is 22.8. The molecule has 0 saturated heterocycles. The van der Waals surface area contributed by atoms with Crippen molar-refractivity contribution in [3.8, 4) is 11.5 Å². The Bertz CT molecular complexity index is 1280. The monoisotopic (exact) mass is 535 g/mol. The smallest absolute Gasteiger partial charge is 0.259 e. The minimum absolute atomic E-state index is 0.146. The van der Waals surface area contributed by atoms with Gasteiger partial charge in [0.05, 0.1) is 32.0 Å². The third-order valence-corrected chi connectivity index (χ3v) is 8.25. The third kappa shape index (κ3) is 6.55. The lowest BCUT2D eigenvalue weighted by Crippen LogP contribution is -2.28. The third-order valence-electron chi connectivity index (χ3n) is 7.08. The molecule has 0 unspecified atom stereocenters. The second-order valence-corrected chi connectivity index (χ2v) is 11.8. The number of ether oxygens (including phenoxy) is 2. The summed E-state index contributed by atoms with van der Waals surface area (Å²) in [6.45, 7) is 7.53. The molecule has 4 rings (SSSR count). The van der Waals surface area contributed by atoms with Crippen LogP contribution in [-0.2, 0) is 24.2 Å². The molecule has 1 aliphatic rings. The predicted octanol–water partition coefficient (Wildman–Crippen LogP) is 5.90. The van der Waals surface area contributed by atoms with E-state index >= 15 is 0 Å². The summed E-state index contributed by atoms with van der Waals surface area (Å²) >= 11 is 1.52. The highest BCUT2D eigenvalue weighted by atomic mass is 32.1. The number of thiophene rings is 1. The Hall–Kier alpha value is -3.36. The topological polar surface area (TPSA) is 88.7 Å². The average molecular weight is 536 g/mol. The van der Waals surface area contributed by atoms with Crippen LogP contribution >= 0.6 is 11.3 Å². The molecule has 0 saturated carbocycles.